The van der Waals surface area contributed by atoms with Crippen LogP contribution in [0.25, 0.3) is 10.2 Å². The Morgan fingerprint density at radius 2 is 1.95 bits per heavy atom. The minimum Gasteiger partial charge on any atom is -0.298 e. The number of carbonyl (C=O) groups is 1. The third kappa shape index (κ3) is 3.48. The van der Waals surface area contributed by atoms with Crippen molar-refractivity contribution >= 4 is 44.4 Å². The van der Waals surface area contributed by atoms with Gasteiger partial charge in [-0.1, -0.05) is 42.5 Å². The standard InChI is InChI=1S/C17H16N2OS2/c1-2-21-11-12-7-9-13(10-8-12)16(20)19-17-18-14-5-3-4-6-15(14)22-17/h3-10H,2,11H2,1H3,(H,18,19,20). The summed E-state index contributed by atoms with van der Waals surface area (Å²) in [6.07, 6.45) is 0. The minimum atomic E-state index is -0.117. The highest BCUT2D eigenvalue weighted by Crippen LogP contribution is 2.25. The molecule has 1 amide bonds. The third-order valence-electron chi connectivity index (χ3n) is 3.20. The summed E-state index contributed by atoms with van der Waals surface area (Å²) in [4.78, 5) is 16.7. The van der Waals surface area contributed by atoms with Gasteiger partial charge in [0.1, 0.15) is 0 Å². The van der Waals surface area contributed by atoms with Gasteiger partial charge in [0.15, 0.2) is 5.13 Å². The number of hydrogen-bond acceptors (Lipinski definition) is 4. The molecule has 0 saturated heterocycles. The number of hydrogen-bond donors (Lipinski definition) is 1. The number of nitrogens with zero attached hydrogens (tertiary/aromatic N) is 1. The second-order valence-corrected chi connectivity index (χ2v) is 7.08. The van der Waals surface area contributed by atoms with Gasteiger partial charge in [0, 0.05) is 11.3 Å². The number of benzene rings is 2. The largest absolute Gasteiger partial charge is 0.298 e. The van der Waals surface area contributed by atoms with Crippen LogP contribution >= 0.6 is 23.1 Å². The Morgan fingerprint density at radius 3 is 2.68 bits per heavy atom. The van der Waals surface area contributed by atoms with Gasteiger partial charge >= 0.3 is 0 Å². The monoisotopic (exact) mass is 328 g/mol. The molecule has 0 saturated carbocycles. The van der Waals surface area contributed by atoms with Crippen LogP contribution in [0.4, 0.5) is 5.13 Å². The Morgan fingerprint density at radius 1 is 1.18 bits per heavy atom. The SMILES string of the molecule is CCSCc1ccc(C(=O)Nc2nc3ccccc3s2)cc1. The van der Waals surface area contributed by atoms with Crippen molar-refractivity contribution in [2.24, 2.45) is 0 Å². The van der Waals surface area contributed by atoms with E-state index >= 15 is 0 Å². The maximum absolute atomic E-state index is 12.3. The van der Waals surface area contributed by atoms with Crippen molar-refractivity contribution in [2.45, 2.75) is 12.7 Å². The average Bonchev–Trinajstić information content (AvgIpc) is 2.95. The number of rotatable bonds is 5. The van der Waals surface area contributed by atoms with Gasteiger partial charge in [-0.2, -0.15) is 11.8 Å². The normalized spacial score (nSPS) is 10.8. The number of amides is 1. The fourth-order valence-corrected chi connectivity index (χ4v) is 3.56. The molecule has 0 aliphatic rings. The Labute approximate surface area is 137 Å². The highest BCUT2D eigenvalue weighted by atomic mass is 32.2. The van der Waals surface area contributed by atoms with Gasteiger partial charge in [-0.15, -0.1) is 0 Å². The fourth-order valence-electron chi connectivity index (χ4n) is 2.07. The predicted octanol–water partition coefficient (Wildman–Crippen LogP) is 4.80. The number of para-hydroxylation sites is 1. The Hall–Kier alpha value is -1.85. The molecule has 5 heteroatoms. The molecule has 0 aliphatic heterocycles. The maximum Gasteiger partial charge on any atom is 0.257 e. The van der Waals surface area contributed by atoms with E-state index in [1.165, 1.54) is 16.9 Å². The molecular formula is C17H16N2OS2. The molecule has 0 fully saturated rings. The van der Waals surface area contributed by atoms with E-state index in [4.69, 9.17) is 0 Å². The first-order valence-corrected chi connectivity index (χ1v) is 9.07. The predicted molar refractivity (Wildman–Crippen MR) is 95.9 cm³/mol. The lowest BCUT2D eigenvalue weighted by molar-refractivity contribution is 0.102. The van der Waals surface area contributed by atoms with Crippen LogP contribution in [-0.2, 0) is 5.75 Å². The molecule has 112 valence electrons. The summed E-state index contributed by atoms with van der Waals surface area (Å²) >= 11 is 3.36. The smallest absolute Gasteiger partial charge is 0.257 e. The van der Waals surface area contributed by atoms with E-state index in [9.17, 15) is 4.79 Å². The second kappa shape index (κ2) is 6.94. The summed E-state index contributed by atoms with van der Waals surface area (Å²) in [5.74, 6) is 1.96. The van der Waals surface area contributed by atoms with Crippen LogP contribution in [-0.4, -0.2) is 16.6 Å². The van der Waals surface area contributed by atoms with Crippen molar-refractivity contribution in [3.8, 4) is 0 Å². The zero-order valence-electron chi connectivity index (χ0n) is 12.2. The van der Waals surface area contributed by atoms with Crippen LogP contribution in [0.3, 0.4) is 0 Å². The third-order valence-corrected chi connectivity index (χ3v) is 5.10. The van der Waals surface area contributed by atoms with Crippen molar-refractivity contribution < 1.29 is 4.79 Å². The minimum absolute atomic E-state index is 0.117. The zero-order chi connectivity index (χ0) is 15.4. The molecule has 0 unspecified atom stereocenters. The number of carbonyl (C=O) groups excluding carboxylic acids is 1. The van der Waals surface area contributed by atoms with Gasteiger partial charge in [0.2, 0.25) is 0 Å². The Balaban J connectivity index is 1.70. The van der Waals surface area contributed by atoms with Gasteiger partial charge in [0.25, 0.3) is 5.91 Å². The van der Waals surface area contributed by atoms with E-state index in [-0.39, 0.29) is 5.91 Å². The lowest BCUT2D eigenvalue weighted by atomic mass is 10.1. The van der Waals surface area contributed by atoms with Crippen molar-refractivity contribution in [3.63, 3.8) is 0 Å². The molecule has 2 aromatic carbocycles. The van der Waals surface area contributed by atoms with Gasteiger partial charge in [-0.3, -0.25) is 10.1 Å². The summed E-state index contributed by atoms with van der Waals surface area (Å²) in [5, 5.41) is 3.51. The quantitative estimate of drug-likeness (QED) is 0.731. The molecule has 3 rings (SSSR count). The first-order chi connectivity index (χ1) is 10.8. The van der Waals surface area contributed by atoms with Crippen molar-refractivity contribution in [1.82, 2.24) is 4.98 Å². The molecule has 0 atom stereocenters. The van der Waals surface area contributed by atoms with E-state index in [1.807, 2.05) is 60.3 Å². The number of fused-ring (bicyclic) bond motifs is 1. The molecule has 1 aromatic heterocycles. The summed E-state index contributed by atoms with van der Waals surface area (Å²) in [6.45, 7) is 2.14. The van der Waals surface area contributed by atoms with Crippen LogP contribution in [0.15, 0.2) is 48.5 Å². The number of thioether (sulfide) groups is 1. The first-order valence-electron chi connectivity index (χ1n) is 7.10. The van der Waals surface area contributed by atoms with Gasteiger partial charge < -0.3 is 0 Å². The van der Waals surface area contributed by atoms with Crippen molar-refractivity contribution in [1.29, 1.82) is 0 Å². The Bertz CT molecular complexity index is 748. The molecule has 0 spiro atoms. The molecule has 0 bridgehead atoms. The summed E-state index contributed by atoms with van der Waals surface area (Å²) in [7, 11) is 0. The zero-order valence-corrected chi connectivity index (χ0v) is 13.8. The van der Waals surface area contributed by atoms with Gasteiger partial charge in [-0.05, 0) is 35.6 Å². The van der Waals surface area contributed by atoms with Crippen LogP contribution in [0.2, 0.25) is 0 Å². The first kappa shape index (κ1) is 15.1. The van der Waals surface area contributed by atoms with Gasteiger partial charge in [-0.25, -0.2) is 4.98 Å². The molecular weight excluding hydrogens is 312 g/mol. The topological polar surface area (TPSA) is 42.0 Å². The lowest BCUT2D eigenvalue weighted by Crippen LogP contribution is -2.11. The fraction of sp³-hybridized carbons (Fsp3) is 0.176. The molecule has 1 heterocycles. The summed E-state index contributed by atoms with van der Waals surface area (Å²) < 4.78 is 1.07. The highest BCUT2D eigenvalue weighted by Gasteiger charge is 2.09. The molecule has 1 N–H and O–H groups in total. The number of aromatic nitrogens is 1. The van der Waals surface area contributed by atoms with E-state index < -0.39 is 0 Å². The summed E-state index contributed by atoms with van der Waals surface area (Å²) in [5.41, 5.74) is 2.81. The van der Waals surface area contributed by atoms with E-state index in [0.717, 1.165) is 21.7 Å². The maximum atomic E-state index is 12.3. The highest BCUT2D eigenvalue weighted by molar-refractivity contribution is 7.98. The molecule has 3 nitrogen and oxygen atoms in total. The van der Waals surface area contributed by atoms with Gasteiger partial charge in [0.05, 0.1) is 10.2 Å². The van der Waals surface area contributed by atoms with E-state index in [2.05, 4.69) is 17.2 Å². The van der Waals surface area contributed by atoms with E-state index in [0.29, 0.717) is 10.7 Å². The van der Waals surface area contributed by atoms with Crippen LogP contribution in [0.1, 0.15) is 22.8 Å². The van der Waals surface area contributed by atoms with Crippen LogP contribution in [0, 0.1) is 0 Å². The van der Waals surface area contributed by atoms with Crippen molar-refractivity contribution in [3.05, 3.63) is 59.7 Å². The second-order valence-electron chi connectivity index (χ2n) is 4.77. The van der Waals surface area contributed by atoms with E-state index in [1.54, 1.807) is 0 Å². The Kier molecular flexibility index (Phi) is 4.75. The van der Waals surface area contributed by atoms with Crippen LogP contribution in [0.5, 0.6) is 0 Å². The van der Waals surface area contributed by atoms with Crippen molar-refractivity contribution in [2.75, 3.05) is 11.1 Å². The van der Waals surface area contributed by atoms with Crippen LogP contribution < -0.4 is 5.32 Å². The molecule has 3 aromatic rings. The molecule has 0 aliphatic carbocycles. The summed E-state index contributed by atoms with van der Waals surface area (Å²) in [6, 6.07) is 15.6. The average molecular weight is 328 g/mol. The molecule has 0 radical (unpaired) electrons. The number of anilines is 1. The lowest BCUT2D eigenvalue weighted by Gasteiger charge is -2.03. The number of thiazole rings is 1. The molecule has 22 heavy (non-hydrogen) atoms. The number of nitrogens with one attached hydrogen (secondary N) is 1.